The lowest BCUT2D eigenvalue weighted by molar-refractivity contribution is 0.0943. The van der Waals surface area contributed by atoms with Crippen LogP contribution >= 0.6 is 11.3 Å². The summed E-state index contributed by atoms with van der Waals surface area (Å²) >= 11 is 1.39. The first kappa shape index (κ1) is 14.8. The Morgan fingerprint density at radius 1 is 1.45 bits per heavy atom. The van der Waals surface area contributed by atoms with Gasteiger partial charge in [0.05, 0.1) is 24.0 Å². The molecule has 22 heavy (non-hydrogen) atoms. The van der Waals surface area contributed by atoms with Crippen LogP contribution in [0.3, 0.4) is 0 Å². The summed E-state index contributed by atoms with van der Waals surface area (Å²) in [7, 11) is 1.68. The highest BCUT2D eigenvalue weighted by Gasteiger charge is 2.26. The fourth-order valence-corrected chi connectivity index (χ4v) is 3.46. The fourth-order valence-electron chi connectivity index (χ4n) is 2.76. The molecule has 1 aromatic carbocycles. The molecule has 0 radical (unpaired) electrons. The molecule has 1 N–H and O–H groups in total. The summed E-state index contributed by atoms with van der Waals surface area (Å²) in [4.78, 5) is 19.4. The Kier molecular flexibility index (Phi) is 4.29. The molecule has 1 aliphatic heterocycles. The van der Waals surface area contributed by atoms with E-state index in [9.17, 15) is 4.79 Å². The minimum Gasteiger partial charge on any atom is -0.495 e. The number of rotatable bonds is 4. The molecule has 0 saturated carbocycles. The highest BCUT2D eigenvalue weighted by molar-refractivity contribution is 7.11. The van der Waals surface area contributed by atoms with Crippen molar-refractivity contribution in [3.63, 3.8) is 0 Å². The summed E-state index contributed by atoms with van der Waals surface area (Å²) in [5.74, 6) is 0.847. The highest BCUT2D eigenvalue weighted by atomic mass is 32.1. The van der Waals surface area contributed by atoms with E-state index in [1.165, 1.54) is 11.3 Å². The van der Waals surface area contributed by atoms with E-state index in [2.05, 4.69) is 21.3 Å². The first-order valence-corrected chi connectivity index (χ1v) is 8.16. The second kappa shape index (κ2) is 6.36. The molecule has 0 spiro atoms. The number of carbonyl (C=O) groups is 1. The van der Waals surface area contributed by atoms with Crippen molar-refractivity contribution in [2.75, 3.05) is 25.1 Å². The van der Waals surface area contributed by atoms with Crippen LogP contribution in [0.2, 0.25) is 0 Å². The molecule has 5 nitrogen and oxygen atoms in total. The van der Waals surface area contributed by atoms with Crippen molar-refractivity contribution >= 4 is 22.9 Å². The van der Waals surface area contributed by atoms with E-state index in [0.717, 1.165) is 36.6 Å². The predicted octanol–water partition coefficient (Wildman–Crippen LogP) is 2.47. The summed E-state index contributed by atoms with van der Waals surface area (Å²) in [5, 5.41) is 3.11. The number of benzene rings is 1. The van der Waals surface area contributed by atoms with Crippen LogP contribution in [0.25, 0.3) is 0 Å². The van der Waals surface area contributed by atoms with Crippen LogP contribution in [0.5, 0.6) is 5.75 Å². The average Bonchev–Trinajstić information content (AvgIpc) is 3.16. The second-order valence-electron chi connectivity index (χ2n) is 5.34. The molecular weight excluding hydrogens is 298 g/mol. The van der Waals surface area contributed by atoms with Gasteiger partial charge in [-0.2, -0.15) is 0 Å². The first-order valence-electron chi connectivity index (χ1n) is 7.28. The number of aromatic nitrogens is 1. The van der Waals surface area contributed by atoms with Crippen molar-refractivity contribution in [2.24, 2.45) is 0 Å². The summed E-state index contributed by atoms with van der Waals surface area (Å²) in [6.45, 7) is 3.57. The Labute approximate surface area is 133 Å². The van der Waals surface area contributed by atoms with Gasteiger partial charge in [-0.25, -0.2) is 4.98 Å². The van der Waals surface area contributed by atoms with Crippen LogP contribution in [0.15, 0.2) is 29.8 Å². The van der Waals surface area contributed by atoms with Crippen LogP contribution in [-0.2, 0) is 0 Å². The molecule has 1 atom stereocenters. The number of nitrogens with one attached hydrogen (secondary N) is 1. The van der Waals surface area contributed by atoms with Crippen molar-refractivity contribution in [1.29, 1.82) is 0 Å². The lowest BCUT2D eigenvalue weighted by Crippen LogP contribution is -2.37. The van der Waals surface area contributed by atoms with Crippen molar-refractivity contribution in [1.82, 2.24) is 10.3 Å². The number of ether oxygens (including phenoxy) is 1. The number of nitrogens with zero attached hydrogens (tertiary/aromatic N) is 2. The lowest BCUT2D eigenvalue weighted by atomic mass is 10.2. The number of aryl methyl sites for hydroxylation is 1. The third kappa shape index (κ3) is 2.92. The molecule has 0 bridgehead atoms. The number of anilines is 1. The molecule has 1 saturated heterocycles. The zero-order valence-corrected chi connectivity index (χ0v) is 13.5. The Balaban J connectivity index is 1.65. The highest BCUT2D eigenvalue weighted by Crippen LogP contribution is 2.30. The predicted molar refractivity (Wildman–Crippen MR) is 87.9 cm³/mol. The molecule has 6 heteroatoms. The van der Waals surface area contributed by atoms with E-state index >= 15 is 0 Å². The van der Waals surface area contributed by atoms with E-state index < -0.39 is 0 Å². The molecule has 1 aliphatic rings. The van der Waals surface area contributed by atoms with E-state index in [1.807, 2.05) is 25.1 Å². The normalized spacial score (nSPS) is 17.5. The van der Waals surface area contributed by atoms with Crippen LogP contribution in [0.4, 0.5) is 5.69 Å². The summed E-state index contributed by atoms with van der Waals surface area (Å²) in [5.41, 5.74) is 3.58. The Hall–Kier alpha value is -2.08. The van der Waals surface area contributed by atoms with Crippen molar-refractivity contribution < 1.29 is 9.53 Å². The molecular formula is C16H19N3O2S. The Bertz CT molecular complexity index is 671. The number of para-hydroxylation sites is 2. The average molecular weight is 317 g/mol. The fraction of sp³-hybridized carbons (Fsp3) is 0.375. The Morgan fingerprint density at radius 2 is 2.27 bits per heavy atom. The number of methoxy groups -OCH3 is 1. The van der Waals surface area contributed by atoms with Gasteiger partial charge in [0, 0.05) is 19.1 Å². The molecule has 2 heterocycles. The van der Waals surface area contributed by atoms with Gasteiger partial charge in [-0.05, 0) is 25.5 Å². The van der Waals surface area contributed by atoms with Gasteiger partial charge in [0.15, 0.2) is 0 Å². The third-order valence-electron chi connectivity index (χ3n) is 3.90. The van der Waals surface area contributed by atoms with Gasteiger partial charge in [0.1, 0.15) is 10.6 Å². The largest absolute Gasteiger partial charge is 0.495 e. The van der Waals surface area contributed by atoms with Gasteiger partial charge in [-0.1, -0.05) is 12.1 Å². The zero-order valence-electron chi connectivity index (χ0n) is 12.7. The number of carbonyl (C=O) groups excluding carboxylic acids is 1. The molecule has 2 aromatic rings. The molecule has 1 aromatic heterocycles. The maximum absolute atomic E-state index is 12.3. The summed E-state index contributed by atoms with van der Waals surface area (Å²) < 4.78 is 5.41. The van der Waals surface area contributed by atoms with E-state index in [0.29, 0.717) is 4.88 Å². The number of hydrogen-bond donors (Lipinski definition) is 1. The molecule has 0 aliphatic carbocycles. The maximum Gasteiger partial charge on any atom is 0.263 e. The van der Waals surface area contributed by atoms with Gasteiger partial charge in [0.2, 0.25) is 0 Å². The van der Waals surface area contributed by atoms with Crippen molar-refractivity contribution in [2.45, 2.75) is 19.4 Å². The van der Waals surface area contributed by atoms with Crippen LogP contribution < -0.4 is 15.0 Å². The molecule has 116 valence electrons. The van der Waals surface area contributed by atoms with Gasteiger partial charge in [0.25, 0.3) is 5.91 Å². The van der Waals surface area contributed by atoms with Crippen LogP contribution in [0.1, 0.15) is 21.8 Å². The van der Waals surface area contributed by atoms with Gasteiger partial charge >= 0.3 is 0 Å². The number of thiazole rings is 1. The zero-order chi connectivity index (χ0) is 15.5. The van der Waals surface area contributed by atoms with Crippen molar-refractivity contribution in [3.8, 4) is 5.75 Å². The summed E-state index contributed by atoms with van der Waals surface area (Å²) in [6.07, 6.45) is 0.932. The number of hydrogen-bond acceptors (Lipinski definition) is 5. The lowest BCUT2D eigenvalue weighted by Gasteiger charge is -2.21. The van der Waals surface area contributed by atoms with Gasteiger partial charge in [-0.15, -0.1) is 11.3 Å². The summed E-state index contributed by atoms with van der Waals surface area (Å²) in [6, 6.07) is 8.13. The van der Waals surface area contributed by atoms with E-state index in [4.69, 9.17) is 4.74 Å². The minimum absolute atomic E-state index is 0.0214. The maximum atomic E-state index is 12.3. The van der Waals surface area contributed by atoms with Crippen molar-refractivity contribution in [3.05, 3.63) is 40.3 Å². The SMILES string of the molecule is COc1ccccc1N1CCC(NC(=O)c2scnc2C)C1. The van der Waals surface area contributed by atoms with Gasteiger partial charge in [-0.3, -0.25) is 4.79 Å². The molecule has 1 unspecified atom stereocenters. The monoisotopic (exact) mass is 317 g/mol. The standard InChI is InChI=1S/C16H19N3O2S/c1-11-15(22-10-17-11)16(20)18-12-7-8-19(9-12)13-5-3-4-6-14(13)21-2/h3-6,10,12H,7-9H2,1-2H3,(H,18,20). The van der Waals surface area contributed by atoms with Gasteiger partial charge < -0.3 is 15.0 Å². The molecule has 1 fully saturated rings. The Morgan fingerprint density at radius 3 is 3.00 bits per heavy atom. The number of amides is 1. The topological polar surface area (TPSA) is 54.5 Å². The van der Waals surface area contributed by atoms with E-state index in [1.54, 1.807) is 12.6 Å². The van der Waals surface area contributed by atoms with Crippen LogP contribution in [-0.4, -0.2) is 37.1 Å². The quantitative estimate of drug-likeness (QED) is 0.941. The molecule has 3 rings (SSSR count). The first-order chi connectivity index (χ1) is 10.7. The smallest absolute Gasteiger partial charge is 0.263 e. The second-order valence-corrected chi connectivity index (χ2v) is 6.20. The minimum atomic E-state index is -0.0214. The van der Waals surface area contributed by atoms with Crippen LogP contribution in [0, 0.1) is 6.92 Å². The third-order valence-corrected chi connectivity index (χ3v) is 4.83. The van der Waals surface area contributed by atoms with E-state index in [-0.39, 0.29) is 11.9 Å². The molecule has 1 amide bonds.